The smallest absolute Gasteiger partial charge is 0.270 e. The molecule has 0 aliphatic carbocycles. The molecule has 0 saturated carbocycles. The van der Waals surface area contributed by atoms with Gasteiger partial charge in [-0.15, -0.1) is 0 Å². The molecule has 3 atom stereocenters. The average molecular weight is 451 g/mol. The zero-order valence-electron chi connectivity index (χ0n) is 17.0. The lowest BCUT2D eigenvalue weighted by atomic mass is 9.79. The van der Waals surface area contributed by atoms with E-state index >= 15 is 0 Å². The van der Waals surface area contributed by atoms with Gasteiger partial charge in [0, 0.05) is 23.3 Å². The Hall–Kier alpha value is -3.79. The predicted molar refractivity (Wildman–Crippen MR) is 115 cm³/mol. The Morgan fingerprint density at radius 3 is 2.81 bits per heavy atom. The first kappa shape index (κ1) is 20.1. The van der Waals surface area contributed by atoms with E-state index in [0.717, 1.165) is 11.3 Å². The summed E-state index contributed by atoms with van der Waals surface area (Å²) in [5, 5.41) is 21.3. The van der Waals surface area contributed by atoms with E-state index in [0.29, 0.717) is 16.1 Å². The second kappa shape index (κ2) is 6.86. The number of aromatic nitrogens is 1. The number of nitrogens with zero attached hydrogens (tertiary/aromatic N) is 3. The fourth-order valence-electron chi connectivity index (χ4n) is 4.47. The van der Waals surface area contributed by atoms with Crippen molar-refractivity contribution < 1.29 is 19.6 Å². The van der Waals surface area contributed by atoms with Crippen LogP contribution < -0.4 is 19.6 Å². The second-order valence-corrected chi connectivity index (χ2v) is 8.92. The number of ketones is 1. The van der Waals surface area contributed by atoms with Crippen LogP contribution in [0.5, 0.6) is 11.5 Å². The number of carbonyl (C=O) groups excluding carboxylic acids is 1. The molecule has 0 fully saturated rings. The van der Waals surface area contributed by atoms with Gasteiger partial charge in [-0.3, -0.25) is 24.3 Å². The van der Waals surface area contributed by atoms with E-state index in [1.807, 2.05) is 18.2 Å². The van der Waals surface area contributed by atoms with Crippen molar-refractivity contribution in [2.75, 3.05) is 0 Å². The largest absolute Gasteiger partial charge is 0.507 e. The lowest BCUT2D eigenvalue weighted by Crippen LogP contribution is -2.58. The summed E-state index contributed by atoms with van der Waals surface area (Å²) >= 11 is 1.08. The van der Waals surface area contributed by atoms with Crippen LogP contribution in [0.2, 0.25) is 0 Å². The van der Waals surface area contributed by atoms with Crippen LogP contribution in [0.1, 0.15) is 31.0 Å². The summed E-state index contributed by atoms with van der Waals surface area (Å²) in [7, 11) is 0. The predicted octanol–water partition coefficient (Wildman–Crippen LogP) is 1.89. The van der Waals surface area contributed by atoms with Crippen LogP contribution in [0.15, 0.2) is 52.3 Å². The number of rotatable bonds is 3. The van der Waals surface area contributed by atoms with Gasteiger partial charge in [0.2, 0.25) is 5.72 Å². The minimum atomic E-state index is -1.17. The van der Waals surface area contributed by atoms with Gasteiger partial charge in [0.15, 0.2) is 4.80 Å². The Labute approximate surface area is 184 Å². The maximum Gasteiger partial charge on any atom is 0.270 e. The summed E-state index contributed by atoms with van der Waals surface area (Å²) in [6.45, 7) is 3.19. The Morgan fingerprint density at radius 2 is 2.09 bits per heavy atom. The molecule has 1 N–H and O–H groups in total. The number of ether oxygens (including phenoxy) is 1. The number of fused-ring (bicyclic) bond motifs is 6. The standard InChI is InChI=1S/C22H17N3O6S/c1-11(26)18-19-14-5-3-4-6-16(14)31-22(18,2)23-21-24(19)20(28)17(32-21)10-12-9-13(25(29)30)7-8-15(12)27/h3-10,18-19,27H,1-2H3/b17-10-. The third-order valence-corrected chi connectivity index (χ3v) is 6.81. The average Bonchev–Trinajstić information content (AvgIpc) is 3.02. The second-order valence-electron chi connectivity index (χ2n) is 7.91. The van der Waals surface area contributed by atoms with Gasteiger partial charge < -0.3 is 9.84 Å². The molecule has 32 heavy (non-hydrogen) atoms. The van der Waals surface area contributed by atoms with Crippen molar-refractivity contribution in [1.29, 1.82) is 0 Å². The number of phenolic OH excluding ortho intramolecular Hbond substituents is 1. The zero-order chi connectivity index (χ0) is 22.8. The van der Waals surface area contributed by atoms with E-state index in [2.05, 4.69) is 4.99 Å². The molecule has 3 unspecified atom stereocenters. The molecular formula is C22H17N3O6S. The number of carbonyl (C=O) groups is 1. The number of para-hydroxylation sites is 1. The number of aromatic hydroxyl groups is 1. The van der Waals surface area contributed by atoms with Crippen molar-refractivity contribution in [3.63, 3.8) is 0 Å². The lowest BCUT2D eigenvalue weighted by molar-refractivity contribution is -0.384. The number of nitro benzene ring substituents is 1. The molecule has 10 heteroatoms. The van der Waals surface area contributed by atoms with E-state index in [1.54, 1.807) is 13.0 Å². The highest BCUT2D eigenvalue weighted by Crippen LogP contribution is 2.47. The molecular weight excluding hydrogens is 434 g/mol. The summed E-state index contributed by atoms with van der Waals surface area (Å²) in [4.78, 5) is 41.6. The fourth-order valence-corrected chi connectivity index (χ4v) is 5.56. The Morgan fingerprint density at radius 1 is 1.34 bits per heavy atom. The summed E-state index contributed by atoms with van der Waals surface area (Å²) in [5.74, 6) is -0.478. The molecule has 2 aliphatic heterocycles. The molecule has 5 rings (SSSR count). The summed E-state index contributed by atoms with van der Waals surface area (Å²) < 4.78 is 7.85. The number of benzene rings is 2. The first-order valence-electron chi connectivity index (χ1n) is 9.78. The number of hydrogen-bond donors (Lipinski definition) is 1. The number of thiazole rings is 1. The number of nitro groups is 1. The molecule has 0 amide bonds. The highest BCUT2D eigenvalue weighted by Gasteiger charge is 2.53. The third kappa shape index (κ3) is 2.87. The highest BCUT2D eigenvalue weighted by molar-refractivity contribution is 7.07. The van der Waals surface area contributed by atoms with Crippen molar-refractivity contribution in [3.8, 4) is 11.5 Å². The molecule has 2 aromatic carbocycles. The van der Waals surface area contributed by atoms with Crippen molar-refractivity contribution in [2.45, 2.75) is 25.6 Å². The first-order valence-corrected chi connectivity index (χ1v) is 10.6. The molecule has 2 bridgehead atoms. The monoisotopic (exact) mass is 451 g/mol. The molecule has 2 aliphatic rings. The molecule has 1 aromatic heterocycles. The summed E-state index contributed by atoms with van der Waals surface area (Å²) in [5.41, 5.74) is -0.917. The lowest BCUT2D eigenvalue weighted by Gasteiger charge is -2.45. The van der Waals surface area contributed by atoms with Gasteiger partial charge in [-0.05, 0) is 32.1 Å². The van der Waals surface area contributed by atoms with Crippen LogP contribution in [0, 0.1) is 16.0 Å². The van der Waals surface area contributed by atoms with Crippen molar-refractivity contribution in [3.05, 3.63) is 83.4 Å². The maximum atomic E-state index is 13.4. The molecule has 3 aromatic rings. The number of phenols is 1. The molecule has 0 saturated heterocycles. The van der Waals surface area contributed by atoms with Crippen LogP contribution in [-0.4, -0.2) is 26.1 Å². The minimum absolute atomic E-state index is 0.143. The third-order valence-electron chi connectivity index (χ3n) is 5.83. The Bertz CT molecular complexity index is 1490. The highest BCUT2D eigenvalue weighted by atomic mass is 32.1. The van der Waals surface area contributed by atoms with Gasteiger partial charge >= 0.3 is 0 Å². The van der Waals surface area contributed by atoms with E-state index < -0.39 is 28.2 Å². The quantitative estimate of drug-likeness (QED) is 0.479. The van der Waals surface area contributed by atoms with Crippen LogP contribution in [0.25, 0.3) is 6.08 Å². The zero-order valence-corrected chi connectivity index (χ0v) is 17.8. The Kier molecular flexibility index (Phi) is 4.31. The Balaban J connectivity index is 1.79. The molecule has 0 radical (unpaired) electrons. The fraction of sp³-hybridized carbons (Fsp3) is 0.227. The molecule has 3 heterocycles. The van der Waals surface area contributed by atoms with Crippen molar-refractivity contribution in [2.24, 2.45) is 10.9 Å². The van der Waals surface area contributed by atoms with Crippen LogP contribution in [0.4, 0.5) is 5.69 Å². The van der Waals surface area contributed by atoms with E-state index in [-0.39, 0.29) is 27.3 Å². The molecule has 162 valence electrons. The van der Waals surface area contributed by atoms with E-state index in [9.17, 15) is 24.8 Å². The van der Waals surface area contributed by atoms with E-state index in [1.165, 1.54) is 35.8 Å². The van der Waals surface area contributed by atoms with Gasteiger partial charge in [0.1, 0.15) is 23.2 Å². The van der Waals surface area contributed by atoms with Gasteiger partial charge in [0.25, 0.3) is 11.2 Å². The normalized spacial score (nSPS) is 23.5. The van der Waals surface area contributed by atoms with Gasteiger partial charge in [-0.25, -0.2) is 4.99 Å². The minimum Gasteiger partial charge on any atom is -0.507 e. The molecule has 9 nitrogen and oxygen atoms in total. The number of Topliss-reactive ketones (excluding diaryl/α,β-unsaturated/α-hetero) is 1. The van der Waals surface area contributed by atoms with Crippen LogP contribution >= 0.6 is 11.3 Å². The number of non-ortho nitro benzene ring substituents is 1. The van der Waals surface area contributed by atoms with E-state index in [4.69, 9.17) is 4.74 Å². The van der Waals surface area contributed by atoms with Crippen LogP contribution in [-0.2, 0) is 4.79 Å². The summed E-state index contributed by atoms with van der Waals surface area (Å²) in [6, 6.07) is 10.2. The summed E-state index contributed by atoms with van der Waals surface area (Å²) in [6.07, 6.45) is 1.40. The molecule has 0 spiro atoms. The van der Waals surface area contributed by atoms with Gasteiger partial charge in [0.05, 0.1) is 15.5 Å². The SMILES string of the molecule is CC(=O)C1C2c3ccccc3OC1(C)N=c1s/c(=C\c3cc([N+](=O)[O-])ccc3O)c(=O)n12. The van der Waals surface area contributed by atoms with Gasteiger partial charge in [-0.1, -0.05) is 29.5 Å². The topological polar surface area (TPSA) is 124 Å². The van der Waals surface area contributed by atoms with Crippen LogP contribution in [0.3, 0.4) is 0 Å². The van der Waals surface area contributed by atoms with Crippen molar-refractivity contribution in [1.82, 2.24) is 4.57 Å². The van der Waals surface area contributed by atoms with Crippen molar-refractivity contribution >= 4 is 28.9 Å². The maximum absolute atomic E-state index is 13.4. The van der Waals surface area contributed by atoms with Gasteiger partial charge in [-0.2, -0.15) is 0 Å². The first-order chi connectivity index (χ1) is 15.2. The number of hydrogen-bond acceptors (Lipinski definition) is 8.